The van der Waals surface area contributed by atoms with Gasteiger partial charge in [0.05, 0.1) is 5.92 Å². The summed E-state index contributed by atoms with van der Waals surface area (Å²) >= 11 is 0. The number of aromatic amines is 1. The zero-order valence-corrected chi connectivity index (χ0v) is 24.5. The number of hydrogen-bond donors (Lipinski definition) is 3. The molecule has 3 amide bonds. The summed E-state index contributed by atoms with van der Waals surface area (Å²) in [6, 6.07) is 14.4. The number of amides is 3. The van der Waals surface area contributed by atoms with Gasteiger partial charge in [0.1, 0.15) is 12.1 Å². The molecule has 5 aliphatic rings. The fraction of sp³-hybridized carbons (Fsp3) is 0.485. The first-order valence-electron chi connectivity index (χ1n) is 15.4. The van der Waals surface area contributed by atoms with Crippen molar-refractivity contribution in [1.82, 2.24) is 25.0 Å². The highest BCUT2D eigenvalue weighted by Crippen LogP contribution is 2.47. The molecule has 5 heterocycles. The summed E-state index contributed by atoms with van der Waals surface area (Å²) < 4.78 is 6.25. The summed E-state index contributed by atoms with van der Waals surface area (Å²) in [5.41, 5.74) is 2.74. The fourth-order valence-corrected chi connectivity index (χ4v) is 8.65. The lowest BCUT2D eigenvalue weighted by atomic mass is 9.72. The van der Waals surface area contributed by atoms with Gasteiger partial charge >= 0.3 is 0 Å². The van der Waals surface area contributed by atoms with Crippen LogP contribution in [0.4, 0.5) is 0 Å². The first kappa shape index (κ1) is 26.9. The highest BCUT2D eigenvalue weighted by molar-refractivity contribution is 5.97. The topological polar surface area (TPSA) is 118 Å². The van der Waals surface area contributed by atoms with Crippen LogP contribution in [0.1, 0.15) is 48.8 Å². The Hall–Kier alpha value is -3.73. The van der Waals surface area contributed by atoms with Crippen LogP contribution in [0.2, 0.25) is 0 Å². The molecule has 43 heavy (non-hydrogen) atoms. The van der Waals surface area contributed by atoms with Crippen molar-refractivity contribution < 1.29 is 24.2 Å². The van der Waals surface area contributed by atoms with Gasteiger partial charge in [0.25, 0.3) is 11.8 Å². The Morgan fingerprint density at radius 3 is 2.79 bits per heavy atom. The van der Waals surface area contributed by atoms with Gasteiger partial charge in [-0.1, -0.05) is 42.5 Å². The third-order valence-corrected chi connectivity index (χ3v) is 10.6. The second kappa shape index (κ2) is 9.38. The van der Waals surface area contributed by atoms with Gasteiger partial charge in [0.2, 0.25) is 17.5 Å². The molecule has 0 saturated carbocycles. The summed E-state index contributed by atoms with van der Waals surface area (Å²) in [7, 11) is 2.06. The zero-order valence-electron chi connectivity index (χ0n) is 24.5. The molecule has 0 spiro atoms. The van der Waals surface area contributed by atoms with Gasteiger partial charge in [-0.25, -0.2) is 0 Å². The van der Waals surface area contributed by atoms with Crippen LogP contribution >= 0.6 is 0 Å². The molecule has 4 fully saturated rings. The van der Waals surface area contributed by atoms with Crippen LogP contribution < -0.4 is 5.32 Å². The number of benzene rings is 2. The average molecular weight is 584 g/mol. The number of likely N-dealkylation sites (N-methyl/N-ethyl adjacent to an activating group) is 1. The molecule has 3 N–H and O–H groups in total. The standard InChI is InChI=1S/C33H37N5O5/c1-32(35-29(39)21-15-23-22-10-6-11-24-28(22)20(17-34-24)16-25(23)36(2)18-21)31(41)38-26(14-19-8-4-3-5-9-19)30(40)37-13-7-12-27(37)33(38,42)43-32/h3-6,8-11,17,21,23,25-27,34,42H,7,12-16,18H2,1-2H3,(H,35,39)/t21-,23?,25?,26+,27+,32-,33+/m1/s1. The van der Waals surface area contributed by atoms with E-state index in [4.69, 9.17) is 4.74 Å². The van der Waals surface area contributed by atoms with Crippen LogP contribution in [-0.4, -0.2) is 92.4 Å². The number of aromatic nitrogens is 1. The lowest BCUT2D eigenvalue weighted by Crippen LogP contribution is -2.71. The van der Waals surface area contributed by atoms with Crippen LogP contribution in [0.25, 0.3) is 10.9 Å². The SMILES string of the molecule is CN1C[C@H](C(=O)N[C@]2(C)O[C@@]3(O)[C@@H]4CCCN4C(=O)[C@H](Cc4ccccc4)N3C2=O)CC2c3cccc4[nH]cc(c34)CC21. The Morgan fingerprint density at radius 2 is 1.98 bits per heavy atom. The predicted octanol–water partition coefficient (Wildman–Crippen LogP) is 2.08. The molecule has 0 bridgehead atoms. The average Bonchev–Trinajstić information content (AvgIpc) is 3.70. The molecule has 224 valence electrons. The number of carbonyl (C=O) groups excluding carboxylic acids is 3. The van der Waals surface area contributed by atoms with Gasteiger partial charge in [-0.05, 0) is 62.4 Å². The van der Waals surface area contributed by atoms with Crippen molar-refractivity contribution in [3.63, 3.8) is 0 Å². The number of ether oxygens (including phenoxy) is 1. The second-order valence-corrected chi connectivity index (χ2v) is 13.2. The summed E-state index contributed by atoms with van der Waals surface area (Å²) in [6.07, 6.45) is 5.13. The third-order valence-electron chi connectivity index (χ3n) is 10.6. The van der Waals surface area contributed by atoms with Crippen molar-refractivity contribution in [3.8, 4) is 0 Å². The smallest absolute Gasteiger partial charge is 0.280 e. The monoisotopic (exact) mass is 583 g/mol. The van der Waals surface area contributed by atoms with Crippen molar-refractivity contribution >= 4 is 28.6 Å². The van der Waals surface area contributed by atoms with Gasteiger partial charge in [-0.15, -0.1) is 0 Å². The van der Waals surface area contributed by atoms with Gasteiger partial charge in [-0.3, -0.25) is 24.0 Å². The first-order chi connectivity index (χ1) is 20.7. The van der Waals surface area contributed by atoms with Crippen molar-refractivity contribution in [3.05, 3.63) is 71.4 Å². The van der Waals surface area contributed by atoms with Crippen LogP contribution in [0.15, 0.2) is 54.7 Å². The van der Waals surface area contributed by atoms with E-state index in [9.17, 15) is 19.5 Å². The number of H-pyrrole nitrogens is 1. The number of aliphatic hydroxyl groups is 1. The lowest BCUT2D eigenvalue weighted by molar-refractivity contribution is -0.315. The van der Waals surface area contributed by atoms with Gasteiger partial charge in [0.15, 0.2) is 0 Å². The van der Waals surface area contributed by atoms with E-state index in [2.05, 4.69) is 46.6 Å². The highest BCUT2D eigenvalue weighted by atomic mass is 16.7. The molecule has 1 aliphatic carbocycles. The number of piperazine rings is 1. The normalized spacial score (nSPS) is 35.2. The second-order valence-electron chi connectivity index (χ2n) is 13.2. The Labute approximate surface area is 250 Å². The quantitative estimate of drug-likeness (QED) is 0.433. The van der Waals surface area contributed by atoms with Crippen LogP contribution in [-0.2, 0) is 32.0 Å². The van der Waals surface area contributed by atoms with Crippen molar-refractivity contribution in [2.45, 2.75) is 74.7 Å². The molecule has 10 heteroatoms. The Balaban J connectivity index is 1.08. The minimum atomic E-state index is -2.03. The number of nitrogens with zero attached hydrogens (tertiary/aromatic N) is 3. The summed E-state index contributed by atoms with van der Waals surface area (Å²) in [6.45, 7) is 2.56. The molecule has 1 aromatic heterocycles. The number of hydrogen-bond acceptors (Lipinski definition) is 6. The first-order valence-corrected chi connectivity index (χ1v) is 15.4. The van der Waals surface area contributed by atoms with E-state index in [1.807, 2.05) is 30.3 Å². The lowest BCUT2D eigenvalue weighted by Gasteiger charge is -2.48. The van der Waals surface area contributed by atoms with Crippen LogP contribution in [0, 0.1) is 5.92 Å². The Morgan fingerprint density at radius 1 is 1.16 bits per heavy atom. The van der Waals surface area contributed by atoms with E-state index in [-0.39, 0.29) is 36.1 Å². The largest absolute Gasteiger partial charge is 0.361 e. The van der Waals surface area contributed by atoms with Gasteiger partial charge < -0.3 is 25.2 Å². The molecule has 3 aromatic rings. The fourth-order valence-electron chi connectivity index (χ4n) is 8.65. The Kier molecular flexibility index (Phi) is 5.86. The molecule has 8 rings (SSSR count). The van der Waals surface area contributed by atoms with Crippen molar-refractivity contribution in [1.29, 1.82) is 0 Å². The van der Waals surface area contributed by atoms with Crippen molar-refractivity contribution in [2.75, 3.05) is 20.1 Å². The number of rotatable bonds is 4. The maximum absolute atomic E-state index is 14.2. The number of carbonyl (C=O) groups is 3. The molecule has 10 nitrogen and oxygen atoms in total. The molecule has 4 aliphatic heterocycles. The minimum Gasteiger partial charge on any atom is -0.361 e. The van der Waals surface area contributed by atoms with E-state index in [0.717, 1.165) is 17.5 Å². The van der Waals surface area contributed by atoms with E-state index in [1.165, 1.54) is 28.3 Å². The minimum absolute atomic E-state index is 0.171. The predicted molar refractivity (Wildman–Crippen MR) is 157 cm³/mol. The summed E-state index contributed by atoms with van der Waals surface area (Å²) in [4.78, 5) is 50.4. The molecule has 7 atom stereocenters. The molecular formula is C33H37N5O5. The van der Waals surface area contributed by atoms with Gasteiger partial charge in [0, 0.05) is 48.6 Å². The molecule has 2 aromatic carbocycles. The van der Waals surface area contributed by atoms with Crippen LogP contribution in [0.3, 0.4) is 0 Å². The number of fused-ring (bicyclic) bond motifs is 5. The summed E-state index contributed by atoms with van der Waals surface area (Å²) in [5.74, 6) is -3.31. The van der Waals surface area contributed by atoms with Gasteiger partial charge in [-0.2, -0.15) is 0 Å². The number of nitrogens with one attached hydrogen (secondary N) is 2. The van der Waals surface area contributed by atoms with E-state index >= 15 is 0 Å². The van der Waals surface area contributed by atoms with Crippen LogP contribution in [0.5, 0.6) is 0 Å². The number of piperidine rings is 1. The van der Waals surface area contributed by atoms with E-state index in [1.54, 1.807) is 4.90 Å². The number of likely N-dealkylation sites (tertiary alicyclic amines) is 1. The molecular weight excluding hydrogens is 546 g/mol. The maximum atomic E-state index is 14.2. The maximum Gasteiger partial charge on any atom is 0.280 e. The molecule has 0 radical (unpaired) electrons. The van der Waals surface area contributed by atoms with E-state index < -0.39 is 29.6 Å². The molecule has 2 unspecified atom stereocenters. The zero-order chi connectivity index (χ0) is 29.7. The molecule has 4 saturated heterocycles. The van der Waals surface area contributed by atoms with Crippen molar-refractivity contribution in [2.24, 2.45) is 5.92 Å². The highest BCUT2D eigenvalue weighted by Gasteiger charge is 2.70. The third kappa shape index (κ3) is 3.86. The Bertz CT molecular complexity index is 1640. The van der Waals surface area contributed by atoms with E-state index in [0.29, 0.717) is 32.4 Å². The summed E-state index contributed by atoms with van der Waals surface area (Å²) in [5, 5.41) is 16.2.